The Labute approximate surface area is 130 Å². The third kappa shape index (κ3) is 3.06. The molecule has 114 valence electrons. The van der Waals surface area contributed by atoms with Crippen LogP contribution in [0.2, 0.25) is 0 Å². The zero-order valence-corrected chi connectivity index (χ0v) is 12.9. The van der Waals surface area contributed by atoms with Crippen LogP contribution >= 0.6 is 0 Å². The van der Waals surface area contributed by atoms with Gasteiger partial charge in [0.15, 0.2) is 6.10 Å². The summed E-state index contributed by atoms with van der Waals surface area (Å²) in [6.45, 7) is 0.517. The summed E-state index contributed by atoms with van der Waals surface area (Å²) in [4.78, 5) is 14.3. The lowest BCUT2D eigenvalue weighted by molar-refractivity contribution is -0.127. The Kier molecular flexibility index (Phi) is 4.00. The Bertz CT molecular complexity index is 640. The Morgan fingerprint density at radius 3 is 2.59 bits per heavy atom. The Morgan fingerprint density at radius 2 is 1.91 bits per heavy atom. The van der Waals surface area contributed by atoms with Crippen molar-refractivity contribution in [3.8, 4) is 5.75 Å². The highest BCUT2D eigenvalue weighted by Gasteiger charge is 2.28. The van der Waals surface area contributed by atoms with E-state index >= 15 is 0 Å². The van der Waals surface area contributed by atoms with E-state index in [1.165, 1.54) is 0 Å². The average molecular weight is 296 g/mol. The summed E-state index contributed by atoms with van der Waals surface area (Å²) < 4.78 is 5.69. The van der Waals surface area contributed by atoms with E-state index in [1.54, 1.807) is 0 Å². The number of anilines is 1. The van der Waals surface area contributed by atoms with E-state index in [0.717, 1.165) is 22.6 Å². The minimum atomic E-state index is -0.418. The van der Waals surface area contributed by atoms with E-state index < -0.39 is 6.10 Å². The van der Waals surface area contributed by atoms with Gasteiger partial charge in [0.2, 0.25) is 0 Å². The highest BCUT2D eigenvalue weighted by molar-refractivity contribution is 5.82. The van der Waals surface area contributed by atoms with Crippen LogP contribution in [0.15, 0.2) is 48.5 Å². The SMILES string of the molecule is CN(C)c1ccc(CNC(=O)C2Cc3ccccc3O2)cc1. The molecule has 0 aromatic heterocycles. The average Bonchev–Trinajstić information content (AvgIpc) is 2.97. The van der Waals surface area contributed by atoms with Crippen molar-refractivity contribution in [1.82, 2.24) is 5.32 Å². The van der Waals surface area contributed by atoms with Gasteiger partial charge in [-0.1, -0.05) is 30.3 Å². The number of nitrogens with zero attached hydrogens (tertiary/aromatic N) is 1. The van der Waals surface area contributed by atoms with E-state index in [4.69, 9.17) is 4.74 Å². The maximum Gasteiger partial charge on any atom is 0.261 e. The first kappa shape index (κ1) is 14.4. The second kappa shape index (κ2) is 6.10. The monoisotopic (exact) mass is 296 g/mol. The van der Waals surface area contributed by atoms with E-state index in [2.05, 4.69) is 5.32 Å². The Balaban J connectivity index is 1.55. The van der Waals surface area contributed by atoms with Crippen LogP contribution in [0.1, 0.15) is 11.1 Å². The van der Waals surface area contributed by atoms with Crippen molar-refractivity contribution in [3.63, 3.8) is 0 Å². The molecule has 1 heterocycles. The third-order valence-corrected chi connectivity index (χ3v) is 3.86. The van der Waals surface area contributed by atoms with Crippen LogP contribution in [0.4, 0.5) is 5.69 Å². The molecule has 1 aliphatic heterocycles. The van der Waals surface area contributed by atoms with E-state index in [9.17, 15) is 4.79 Å². The minimum Gasteiger partial charge on any atom is -0.480 e. The number of nitrogens with one attached hydrogen (secondary N) is 1. The van der Waals surface area contributed by atoms with Crippen molar-refractivity contribution in [2.45, 2.75) is 19.1 Å². The van der Waals surface area contributed by atoms with E-state index in [0.29, 0.717) is 13.0 Å². The van der Waals surface area contributed by atoms with Crippen molar-refractivity contribution >= 4 is 11.6 Å². The number of carbonyl (C=O) groups excluding carboxylic acids is 1. The van der Waals surface area contributed by atoms with Gasteiger partial charge in [-0.15, -0.1) is 0 Å². The smallest absolute Gasteiger partial charge is 0.261 e. The van der Waals surface area contributed by atoms with Gasteiger partial charge in [0.05, 0.1) is 0 Å². The van der Waals surface area contributed by atoms with Crippen LogP contribution in [0.5, 0.6) is 5.75 Å². The molecule has 0 spiro atoms. The molecular formula is C18H20N2O2. The lowest BCUT2D eigenvalue weighted by atomic mass is 10.1. The summed E-state index contributed by atoms with van der Waals surface area (Å²) >= 11 is 0. The number of carbonyl (C=O) groups is 1. The van der Waals surface area contributed by atoms with Crippen LogP contribution in [-0.2, 0) is 17.8 Å². The molecular weight excluding hydrogens is 276 g/mol. The van der Waals surface area contributed by atoms with Crippen molar-refractivity contribution in [2.24, 2.45) is 0 Å². The number of hydrogen-bond donors (Lipinski definition) is 1. The molecule has 4 nitrogen and oxygen atoms in total. The molecule has 1 N–H and O–H groups in total. The maximum atomic E-state index is 12.2. The molecule has 2 aromatic rings. The number of amides is 1. The van der Waals surface area contributed by atoms with Crippen LogP contribution < -0.4 is 15.0 Å². The highest BCUT2D eigenvalue weighted by atomic mass is 16.5. The predicted octanol–water partition coefficient (Wildman–Crippen LogP) is 2.37. The largest absolute Gasteiger partial charge is 0.480 e. The summed E-state index contributed by atoms with van der Waals surface area (Å²) in [5, 5.41) is 2.95. The van der Waals surface area contributed by atoms with Gasteiger partial charge in [-0.2, -0.15) is 0 Å². The van der Waals surface area contributed by atoms with Gasteiger partial charge in [0.1, 0.15) is 5.75 Å². The number of para-hydroxylation sites is 1. The molecule has 2 aromatic carbocycles. The topological polar surface area (TPSA) is 41.6 Å². The molecule has 0 bridgehead atoms. The Hall–Kier alpha value is -2.49. The van der Waals surface area contributed by atoms with Crippen LogP contribution in [-0.4, -0.2) is 26.1 Å². The molecule has 3 rings (SSSR count). The van der Waals surface area contributed by atoms with Crippen molar-refractivity contribution in [3.05, 3.63) is 59.7 Å². The minimum absolute atomic E-state index is 0.0621. The number of hydrogen-bond acceptors (Lipinski definition) is 3. The molecule has 1 aliphatic rings. The lowest BCUT2D eigenvalue weighted by Crippen LogP contribution is -2.37. The van der Waals surface area contributed by atoms with Crippen LogP contribution in [0.3, 0.4) is 0 Å². The van der Waals surface area contributed by atoms with Crippen molar-refractivity contribution in [1.29, 1.82) is 0 Å². The van der Waals surface area contributed by atoms with Crippen molar-refractivity contribution in [2.75, 3.05) is 19.0 Å². The first-order chi connectivity index (χ1) is 10.6. The fourth-order valence-corrected chi connectivity index (χ4v) is 2.54. The third-order valence-electron chi connectivity index (χ3n) is 3.86. The zero-order valence-electron chi connectivity index (χ0n) is 12.9. The number of rotatable bonds is 4. The number of fused-ring (bicyclic) bond motifs is 1. The zero-order chi connectivity index (χ0) is 15.5. The standard InChI is InChI=1S/C18H20N2O2/c1-20(2)15-9-7-13(8-10-15)12-19-18(21)17-11-14-5-3-4-6-16(14)22-17/h3-10,17H,11-12H2,1-2H3,(H,19,21). The van der Waals surface area contributed by atoms with E-state index in [1.807, 2.05) is 67.5 Å². The number of ether oxygens (including phenoxy) is 1. The van der Waals surface area contributed by atoms with Crippen LogP contribution in [0, 0.1) is 0 Å². The molecule has 0 aliphatic carbocycles. The Morgan fingerprint density at radius 1 is 1.18 bits per heavy atom. The maximum absolute atomic E-state index is 12.2. The van der Waals surface area contributed by atoms with Gasteiger partial charge in [0, 0.05) is 32.7 Å². The highest BCUT2D eigenvalue weighted by Crippen LogP contribution is 2.28. The fraction of sp³-hybridized carbons (Fsp3) is 0.278. The van der Waals surface area contributed by atoms with Gasteiger partial charge in [0.25, 0.3) is 5.91 Å². The molecule has 0 saturated heterocycles. The quantitative estimate of drug-likeness (QED) is 0.942. The second-order valence-electron chi connectivity index (χ2n) is 5.70. The van der Waals surface area contributed by atoms with Crippen LogP contribution in [0.25, 0.3) is 0 Å². The van der Waals surface area contributed by atoms with Gasteiger partial charge in [-0.05, 0) is 29.3 Å². The molecule has 4 heteroatoms. The van der Waals surface area contributed by atoms with Gasteiger partial charge >= 0.3 is 0 Å². The van der Waals surface area contributed by atoms with E-state index in [-0.39, 0.29) is 5.91 Å². The molecule has 1 unspecified atom stereocenters. The van der Waals surface area contributed by atoms with Gasteiger partial charge in [-0.25, -0.2) is 0 Å². The van der Waals surface area contributed by atoms with Crippen molar-refractivity contribution < 1.29 is 9.53 Å². The number of benzene rings is 2. The van der Waals surface area contributed by atoms with Gasteiger partial charge in [-0.3, -0.25) is 4.79 Å². The molecule has 1 amide bonds. The fourth-order valence-electron chi connectivity index (χ4n) is 2.54. The molecule has 0 radical (unpaired) electrons. The summed E-state index contributed by atoms with van der Waals surface area (Å²) in [5.74, 6) is 0.755. The molecule has 0 saturated carbocycles. The first-order valence-corrected chi connectivity index (χ1v) is 7.42. The first-order valence-electron chi connectivity index (χ1n) is 7.42. The lowest BCUT2D eigenvalue weighted by Gasteiger charge is -2.14. The summed E-state index contributed by atoms with van der Waals surface area (Å²) in [6, 6.07) is 15.9. The molecule has 1 atom stereocenters. The summed E-state index contributed by atoms with van der Waals surface area (Å²) in [6.07, 6.45) is 0.222. The molecule has 0 fully saturated rings. The summed E-state index contributed by atoms with van der Waals surface area (Å²) in [5.41, 5.74) is 3.32. The second-order valence-corrected chi connectivity index (χ2v) is 5.70. The molecule has 22 heavy (non-hydrogen) atoms. The summed E-state index contributed by atoms with van der Waals surface area (Å²) in [7, 11) is 4.01. The normalized spacial score (nSPS) is 15.8. The predicted molar refractivity (Wildman–Crippen MR) is 87.2 cm³/mol. The van der Waals surface area contributed by atoms with Gasteiger partial charge < -0.3 is 15.0 Å².